The lowest BCUT2D eigenvalue weighted by Crippen LogP contribution is -2.09. The van der Waals surface area contributed by atoms with Crippen LogP contribution in [0.3, 0.4) is 0 Å². The van der Waals surface area contributed by atoms with Crippen LogP contribution in [-0.2, 0) is 0 Å². The van der Waals surface area contributed by atoms with Gasteiger partial charge in [0.15, 0.2) is 5.58 Å². The van der Waals surface area contributed by atoms with Gasteiger partial charge in [0.1, 0.15) is 23.5 Å². The summed E-state index contributed by atoms with van der Waals surface area (Å²) in [4.78, 5) is 2.22. The molecule has 0 radical (unpaired) electrons. The summed E-state index contributed by atoms with van der Waals surface area (Å²) in [5.41, 5.74) is 4.03. The maximum Gasteiger partial charge on any atom is 0.153 e. The molecule has 5 aromatic rings. The molecule has 0 saturated carbocycles. The minimum atomic E-state index is 0.0226. The molecule has 31 heavy (non-hydrogen) atoms. The van der Waals surface area contributed by atoms with E-state index >= 15 is 0 Å². The molecule has 5 rings (SSSR count). The van der Waals surface area contributed by atoms with Crippen molar-refractivity contribution in [1.29, 1.82) is 10.5 Å². The molecule has 0 N–H and O–H groups in total. The Labute approximate surface area is 183 Å². The second-order valence-corrected chi connectivity index (χ2v) is 8.00. The molecular weight excluding hydrogens is 402 g/mol. The van der Waals surface area contributed by atoms with Crippen LogP contribution in [0.15, 0.2) is 94.9 Å². The Hall–Kier alpha value is -4.32. The van der Waals surface area contributed by atoms with E-state index in [1.165, 1.54) is 6.08 Å². The van der Waals surface area contributed by atoms with E-state index in [-0.39, 0.29) is 5.57 Å². The first-order valence-corrected chi connectivity index (χ1v) is 10.5. The lowest BCUT2D eigenvalue weighted by Gasteiger charge is -2.25. The van der Waals surface area contributed by atoms with E-state index in [0.717, 1.165) is 37.4 Å². The highest BCUT2D eigenvalue weighted by molar-refractivity contribution is 7.25. The first kappa shape index (κ1) is 18.7. The normalized spacial score (nSPS) is 10.5. The zero-order valence-corrected chi connectivity index (χ0v) is 17.1. The Kier molecular flexibility index (Phi) is 4.72. The maximum atomic E-state index is 8.97. The lowest BCUT2D eigenvalue weighted by atomic mass is 10.1. The summed E-state index contributed by atoms with van der Waals surface area (Å²) in [5, 5.41) is 19.0. The Balaban J connectivity index is 1.62. The minimum Gasteiger partial charge on any atom is -0.455 e. The van der Waals surface area contributed by atoms with Gasteiger partial charge in [0.2, 0.25) is 0 Å². The smallest absolute Gasteiger partial charge is 0.153 e. The summed E-state index contributed by atoms with van der Waals surface area (Å²) < 4.78 is 8.04. The Bertz CT molecular complexity index is 1440. The molecule has 0 fully saturated rings. The van der Waals surface area contributed by atoms with Gasteiger partial charge >= 0.3 is 0 Å². The van der Waals surface area contributed by atoms with Gasteiger partial charge in [-0.3, -0.25) is 0 Å². The van der Waals surface area contributed by atoms with Crippen molar-refractivity contribution >= 4 is 54.8 Å². The average molecular weight is 417 g/mol. The number of thiophene rings is 1. The number of rotatable bonds is 4. The van der Waals surface area contributed by atoms with Gasteiger partial charge in [-0.2, -0.15) is 10.5 Å². The monoisotopic (exact) mass is 417 g/mol. The van der Waals surface area contributed by atoms with E-state index in [9.17, 15) is 0 Å². The molecule has 0 spiro atoms. The summed E-state index contributed by atoms with van der Waals surface area (Å²) in [5.74, 6) is 0.514. The molecule has 2 aromatic heterocycles. The van der Waals surface area contributed by atoms with Crippen molar-refractivity contribution in [1.82, 2.24) is 0 Å². The van der Waals surface area contributed by atoms with E-state index in [2.05, 4.69) is 47.4 Å². The predicted octanol–water partition coefficient (Wildman–Crippen LogP) is 7.55. The quantitative estimate of drug-likeness (QED) is 0.283. The number of anilines is 3. The van der Waals surface area contributed by atoms with Crippen LogP contribution in [0.5, 0.6) is 0 Å². The SMILES string of the molecule is N#CC(C#N)=Cc1cc2sc3cc(N(c4ccccc4)c4ccccc4)ccc3c2o1. The number of fused-ring (bicyclic) bond motifs is 3. The molecule has 0 aliphatic carbocycles. The molecule has 0 amide bonds. The first-order chi connectivity index (χ1) is 15.3. The summed E-state index contributed by atoms with van der Waals surface area (Å²) in [6, 6.07) is 32.5. The highest BCUT2D eigenvalue weighted by Gasteiger charge is 2.16. The molecule has 0 saturated heterocycles. The molecule has 4 nitrogen and oxygen atoms in total. The number of hydrogen-bond donors (Lipinski definition) is 0. The molecule has 0 atom stereocenters. The van der Waals surface area contributed by atoms with Crippen LogP contribution in [0.4, 0.5) is 17.1 Å². The molecule has 3 aromatic carbocycles. The fourth-order valence-electron chi connectivity index (χ4n) is 3.60. The third kappa shape index (κ3) is 3.44. The number of para-hydroxylation sites is 2. The van der Waals surface area contributed by atoms with Gasteiger partial charge < -0.3 is 9.32 Å². The standard InChI is InChI=1S/C26H15N3OS/c27-16-18(17-28)13-22-15-25-26(30-22)23-12-11-21(14-24(23)31-25)29(19-7-3-1-4-8-19)20-9-5-2-6-10-20/h1-15H. The molecule has 5 heteroatoms. The Morgan fingerprint density at radius 2 is 1.42 bits per heavy atom. The number of nitriles is 2. The summed E-state index contributed by atoms with van der Waals surface area (Å²) in [6.07, 6.45) is 1.47. The number of nitrogens with zero attached hydrogens (tertiary/aromatic N) is 3. The van der Waals surface area contributed by atoms with Gasteiger partial charge in [0.05, 0.1) is 4.70 Å². The summed E-state index contributed by atoms with van der Waals surface area (Å²) in [7, 11) is 0. The molecule has 0 bridgehead atoms. The molecule has 2 heterocycles. The van der Waals surface area contributed by atoms with E-state index < -0.39 is 0 Å². The summed E-state index contributed by atoms with van der Waals surface area (Å²) in [6.45, 7) is 0. The lowest BCUT2D eigenvalue weighted by molar-refractivity contribution is 0.607. The highest BCUT2D eigenvalue weighted by Crippen LogP contribution is 2.41. The average Bonchev–Trinajstić information content (AvgIpc) is 3.36. The molecule has 146 valence electrons. The molecule has 0 aliphatic heterocycles. The number of benzene rings is 3. The van der Waals surface area contributed by atoms with Crippen LogP contribution in [0.25, 0.3) is 26.4 Å². The maximum absolute atomic E-state index is 8.97. The Morgan fingerprint density at radius 3 is 2.03 bits per heavy atom. The van der Waals surface area contributed by atoms with Crippen LogP contribution in [0, 0.1) is 22.7 Å². The van der Waals surface area contributed by atoms with Gasteiger partial charge in [0.25, 0.3) is 0 Å². The van der Waals surface area contributed by atoms with Crippen LogP contribution in [0.1, 0.15) is 5.76 Å². The second kappa shape index (κ2) is 7.84. The zero-order chi connectivity index (χ0) is 21.2. The number of allylic oxidation sites excluding steroid dienone is 1. The van der Waals surface area contributed by atoms with Crippen LogP contribution < -0.4 is 4.90 Å². The first-order valence-electron chi connectivity index (χ1n) is 9.65. The third-order valence-electron chi connectivity index (χ3n) is 4.96. The van der Waals surface area contributed by atoms with Crippen molar-refractivity contribution in [2.45, 2.75) is 0 Å². The van der Waals surface area contributed by atoms with E-state index in [1.807, 2.05) is 54.6 Å². The van der Waals surface area contributed by atoms with E-state index in [4.69, 9.17) is 14.9 Å². The van der Waals surface area contributed by atoms with Crippen LogP contribution in [-0.4, -0.2) is 0 Å². The second-order valence-electron chi connectivity index (χ2n) is 6.91. The van der Waals surface area contributed by atoms with Crippen LogP contribution in [0.2, 0.25) is 0 Å². The van der Waals surface area contributed by atoms with Gasteiger partial charge in [-0.15, -0.1) is 11.3 Å². The van der Waals surface area contributed by atoms with Gasteiger partial charge in [-0.1, -0.05) is 36.4 Å². The number of hydrogen-bond acceptors (Lipinski definition) is 5. The predicted molar refractivity (Wildman–Crippen MR) is 125 cm³/mol. The van der Waals surface area contributed by atoms with Crippen molar-refractivity contribution in [3.63, 3.8) is 0 Å². The topological polar surface area (TPSA) is 64.0 Å². The van der Waals surface area contributed by atoms with Gasteiger partial charge in [0, 0.05) is 39.3 Å². The van der Waals surface area contributed by atoms with E-state index in [1.54, 1.807) is 11.3 Å². The minimum absolute atomic E-state index is 0.0226. The van der Waals surface area contributed by atoms with Crippen LogP contribution >= 0.6 is 11.3 Å². The zero-order valence-electron chi connectivity index (χ0n) is 16.3. The van der Waals surface area contributed by atoms with Crippen molar-refractivity contribution < 1.29 is 4.42 Å². The van der Waals surface area contributed by atoms with Gasteiger partial charge in [-0.05, 0) is 42.5 Å². The summed E-state index contributed by atoms with van der Waals surface area (Å²) >= 11 is 1.63. The fraction of sp³-hybridized carbons (Fsp3) is 0. The van der Waals surface area contributed by atoms with Crippen molar-refractivity contribution in [2.24, 2.45) is 0 Å². The van der Waals surface area contributed by atoms with Gasteiger partial charge in [-0.25, -0.2) is 0 Å². The van der Waals surface area contributed by atoms with Crippen molar-refractivity contribution in [3.05, 3.63) is 96.3 Å². The molecular formula is C26H15N3OS. The molecule has 0 aliphatic rings. The largest absolute Gasteiger partial charge is 0.455 e. The number of furan rings is 1. The Morgan fingerprint density at radius 1 is 0.774 bits per heavy atom. The van der Waals surface area contributed by atoms with Crippen molar-refractivity contribution in [3.8, 4) is 12.1 Å². The third-order valence-corrected chi connectivity index (χ3v) is 6.04. The fourth-order valence-corrected chi connectivity index (χ4v) is 4.71. The molecule has 0 unspecified atom stereocenters. The highest BCUT2D eigenvalue weighted by atomic mass is 32.1. The van der Waals surface area contributed by atoms with Crippen molar-refractivity contribution in [2.75, 3.05) is 4.90 Å². The van der Waals surface area contributed by atoms with E-state index in [0.29, 0.717) is 5.76 Å².